The van der Waals surface area contributed by atoms with E-state index in [1.807, 2.05) is 0 Å². The van der Waals surface area contributed by atoms with Crippen LogP contribution in [0.1, 0.15) is 19.8 Å². The van der Waals surface area contributed by atoms with Crippen LogP contribution in [0, 0.1) is 11.8 Å². The monoisotopic (exact) mass is 144 g/mol. The fourth-order valence-electron chi connectivity index (χ4n) is 1.22. The molecule has 0 aromatic carbocycles. The number of alkyl halides is 1. The smallest absolute Gasteiger partial charge is 0.0257 e. The summed E-state index contributed by atoms with van der Waals surface area (Å²) < 4.78 is 0. The Labute approximate surface area is 61.9 Å². The van der Waals surface area contributed by atoms with E-state index < -0.39 is 0 Å². The van der Waals surface area contributed by atoms with Gasteiger partial charge in [0, 0.05) is 5.88 Å². The van der Waals surface area contributed by atoms with Crippen molar-refractivity contribution in [2.24, 2.45) is 11.8 Å². The van der Waals surface area contributed by atoms with E-state index in [9.17, 15) is 0 Å². The van der Waals surface area contributed by atoms with E-state index in [0.717, 1.165) is 17.7 Å². The van der Waals surface area contributed by atoms with Crippen LogP contribution in [0.3, 0.4) is 0 Å². The molecular formula is C8H13Cl. The summed E-state index contributed by atoms with van der Waals surface area (Å²) >= 11 is 5.74. The molecule has 1 aliphatic rings. The van der Waals surface area contributed by atoms with Crippen molar-refractivity contribution in [3.63, 3.8) is 0 Å². The molecule has 0 aromatic rings. The van der Waals surface area contributed by atoms with Crippen molar-refractivity contribution >= 4 is 11.6 Å². The van der Waals surface area contributed by atoms with Crippen LogP contribution in [0.5, 0.6) is 0 Å². The zero-order valence-electron chi connectivity index (χ0n) is 5.81. The molecule has 0 nitrogen and oxygen atoms in total. The molecule has 0 radical (unpaired) electrons. The van der Waals surface area contributed by atoms with E-state index in [1.54, 1.807) is 0 Å². The maximum absolute atomic E-state index is 5.74. The van der Waals surface area contributed by atoms with Gasteiger partial charge in [-0.3, -0.25) is 0 Å². The third kappa shape index (κ3) is 1.72. The molecule has 0 N–H and O–H groups in total. The molecule has 0 fully saturated rings. The van der Waals surface area contributed by atoms with Crippen LogP contribution in [0.2, 0.25) is 0 Å². The molecule has 1 rings (SSSR count). The van der Waals surface area contributed by atoms with Gasteiger partial charge in [-0.25, -0.2) is 0 Å². The molecule has 52 valence electrons. The van der Waals surface area contributed by atoms with Crippen LogP contribution in [0.25, 0.3) is 0 Å². The van der Waals surface area contributed by atoms with Crippen LogP contribution in [0.15, 0.2) is 12.2 Å². The number of allylic oxidation sites excluding steroid dienone is 2. The maximum Gasteiger partial charge on any atom is 0.0257 e. The topological polar surface area (TPSA) is 0 Å². The molecule has 0 saturated heterocycles. The Bertz CT molecular complexity index is 107. The lowest BCUT2D eigenvalue weighted by Gasteiger charge is -2.22. The van der Waals surface area contributed by atoms with Gasteiger partial charge < -0.3 is 0 Å². The van der Waals surface area contributed by atoms with Gasteiger partial charge >= 0.3 is 0 Å². The summed E-state index contributed by atoms with van der Waals surface area (Å²) in [6.07, 6.45) is 6.91. The zero-order chi connectivity index (χ0) is 6.69. The second-order valence-electron chi connectivity index (χ2n) is 2.83. The van der Waals surface area contributed by atoms with Crippen molar-refractivity contribution in [3.05, 3.63) is 12.2 Å². The van der Waals surface area contributed by atoms with E-state index in [0.29, 0.717) is 0 Å². The van der Waals surface area contributed by atoms with Crippen molar-refractivity contribution in [1.29, 1.82) is 0 Å². The molecule has 0 saturated carbocycles. The molecule has 0 heterocycles. The molecule has 1 aliphatic carbocycles. The molecule has 0 amide bonds. The molecule has 9 heavy (non-hydrogen) atoms. The van der Waals surface area contributed by atoms with Crippen LogP contribution < -0.4 is 0 Å². The van der Waals surface area contributed by atoms with Crippen LogP contribution in [-0.2, 0) is 0 Å². The summed E-state index contributed by atoms with van der Waals surface area (Å²) in [5.41, 5.74) is 0. The molecule has 0 spiro atoms. The van der Waals surface area contributed by atoms with E-state index in [4.69, 9.17) is 11.6 Å². The second-order valence-corrected chi connectivity index (χ2v) is 3.14. The lowest BCUT2D eigenvalue weighted by atomic mass is 9.86. The number of hydrogen-bond acceptors (Lipinski definition) is 0. The Kier molecular flexibility index (Phi) is 2.59. The predicted molar refractivity (Wildman–Crippen MR) is 41.7 cm³/mol. The van der Waals surface area contributed by atoms with Crippen LogP contribution in [0.4, 0.5) is 0 Å². The SMILES string of the molecule is CC1CC=CCC1CCl. The van der Waals surface area contributed by atoms with Crippen molar-refractivity contribution in [2.75, 3.05) is 5.88 Å². The summed E-state index contributed by atoms with van der Waals surface area (Å²) in [5.74, 6) is 2.36. The quantitative estimate of drug-likeness (QED) is 0.392. The Morgan fingerprint density at radius 3 is 2.56 bits per heavy atom. The third-order valence-electron chi connectivity index (χ3n) is 2.12. The molecule has 2 unspecified atom stereocenters. The second kappa shape index (κ2) is 3.26. The van der Waals surface area contributed by atoms with Crippen molar-refractivity contribution in [2.45, 2.75) is 19.8 Å². The largest absolute Gasteiger partial charge is 0.126 e. The van der Waals surface area contributed by atoms with Gasteiger partial charge in [0.2, 0.25) is 0 Å². The minimum Gasteiger partial charge on any atom is -0.126 e. The van der Waals surface area contributed by atoms with E-state index in [-0.39, 0.29) is 0 Å². The van der Waals surface area contributed by atoms with Crippen molar-refractivity contribution in [3.8, 4) is 0 Å². The van der Waals surface area contributed by atoms with E-state index in [2.05, 4.69) is 19.1 Å². The zero-order valence-corrected chi connectivity index (χ0v) is 6.56. The highest BCUT2D eigenvalue weighted by molar-refractivity contribution is 6.18. The average molecular weight is 145 g/mol. The Balaban J connectivity index is 2.43. The molecule has 0 bridgehead atoms. The molecule has 2 atom stereocenters. The maximum atomic E-state index is 5.74. The van der Waals surface area contributed by atoms with Crippen molar-refractivity contribution < 1.29 is 0 Å². The van der Waals surface area contributed by atoms with Gasteiger partial charge in [0.05, 0.1) is 0 Å². The highest BCUT2D eigenvalue weighted by Crippen LogP contribution is 2.25. The van der Waals surface area contributed by atoms with Gasteiger partial charge in [0.1, 0.15) is 0 Å². The van der Waals surface area contributed by atoms with Crippen LogP contribution in [-0.4, -0.2) is 5.88 Å². The highest BCUT2D eigenvalue weighted by atomic mass is 35.5. The number of hydrogen-bond donors (Lipinski definition) is 0. The lowest BCUT2D eigenvalue weighted by molar-refractivity contribution is 0.384. The van der Waals surface area contributed by atoms with Crippen LogP contribution >= 0.6 is 11.6 Å². The third-order valence-corrected chi connectivity index (χ3v) is 2.51. The summed E-state index contributed by atoms with van der Waals surface area (Å²) in [6.45, 7) is 2.27. The minimum absolute atomic E-state index is 0.733. The predicted octanol–water partition coefficient (Wildman–Crippen LogP) is 2.83. The lowest BCUT2D eigenvalue weighted by Crippen LogP contribution is -2.14. The van der Waals surface area contributed by atoms with Gasteiger partial charge in [-0.15, -0.1) is 11.6 Å². The summed E-state index contributed by atoms with van der Waals surface area (Å²) in [6, 6.07) is 0. The fourth-order valence-corrected chi connectivity index (χ4v) is 1.65. The minimum atomic E-state index is 0.733. The fraction of sp³-hybridized carbons (Fsp3) is 0.750. The summed E-state index contributed by atoms with van der Waals surface area (Å²) in [7, 11) is 0. The highest BCUT2D eigenvalue weighted by Gasteiger charge is 2.16. The average Bonchev–Trinajstić information content (AvgIpc) is 1.89. The number of halogens is 1. The summed E-state index contributed by atoms with van der Waals surface area (Å²) in [5, 5.41) is 0. The summed E-state index contributed by atoms with van der Waals surface area (Å²) in [4.78, 5) is 0. The Morgan fingerprint density at radius 1 is 1.44 bits per heavy atom. The van der Waals surface area contributed by atoms with Gasteiger partial charge in [0.25, 0.3) is 0 Å². The Morgan fingerprint density at radius 2 is 2.11 bits per heavy atom. The normalized spacial score (nSPS) is 34.9. The van der Waals surface area contributed by atoms with E-state index >= 15 is 0 Å². The van der Waals surface area contributed by atoms with Gasteiger partial charge in [0.15, 0.2) is 0 Å². The molecule has 0 aliphatic heterocycles. The first-order valence-corrected chi connectivity index (χ1v) is 4.09. The molecule has 0 aromatic heterocycles. The molecular weight excluding hydrogens is 132 g/mol. The van der Waals surface area contributed by atoms with Crippen molar-refractivity contribution in [1.82, 2.24) is 0 Å². The van der Waals surface area contributed by atoms with Gasteiger partial charge in [-0.2, -0.15) is 0 Å². The first-order valence-electron chi connectivity index (χ1n) is 3.55. The molecule has 1 heteroatoms. The number of rotatable bonds is 1. The first-order chi connectivity index (χ1) is 4.34. The van der Waals surface area contributed by atoms with E-state index in [1.165, 1.54) is 12.8 Å². The standard InChI is InChI=1S/C8H13Cl/c1-7-4-2-3-5-8(7)6-9/h2-3,7-8H,4-6H2,1H3. The first kappa shape index (κ1) is 7.14. The van der Waals surface area contributed by atoms with Gasteiger partial charge in [-0.05, 0) is 24.7 Å². The Hall–Kier alpha value is 0.0300. The van der Waals surface area contributed by atoms with Gasteiger partial charge in [-0.1, -0.05) is 19.1 Å².